The standard InChI is InChI=1S/C34H29N/c1-2-3-4-9-18-35-31-16-14-27-19-23-10-5-7-12-25(23)21-29(27)33(31)34-30-22-26-13-8-6-11-24(26)20-28(30)15-17-32(34)35/h5-8,10-17,19-22H,2-4,9,18H2,1H3. The second kappa shape index (κ2) is 8.13. The molecule has 1 heterocycles. The van der Waals surface area contributed by atoms with E-state index in [4.69, 9.17) is 0 Å². The molecule has 0 fully saturated rings. The molecule has 6 aromatic carbocycles. The van der Waals surface area contributed by atoms with E-state index in [1.165, 1.54) is 90.6 Å². The number of aromatic nitrogens is 1. The monoisotopic (exact) mass is 451 g/mol. The summed E-state index contributed by atoms with van der Waals surface area (Å²) in [6, 6.07) is 36.4. The van der Waals surface area contributed by atoms with Gasteiger partial charge in [0.05, 0.1) is 0 Å². The summed E-state index contributed by atoms with van der Waals surface area (Å²) in [6.07, 6.45) is 5.08. The Morgan fingerprint density at radius 1 is 0.486 bits per heavy atom. The topological polar surface area (TPSA) is 4.93 Å². The maximum Gasteiger partial charge on any atom is 0.0498 e. The molecule has 0 saturated heterocycles. The lowest BCUT2D eigenvalue weighted by atomic mass is 9.96. The van der Waals surface area contributed by atoms with Crippen LogP contribution >= 0.6 is 0 Å². The highest BCUT2D eigenvalue weighted by Gasteiger charge is 2.17. The van der Waals surface area contributed by atoms with Gasteiger partial charge in [0.15, 0.2) is 0 Å². The van der Waals surface area contributed by atoms with Gasteiger partial charge in [0.1, 0.15) is 0 Å². The SMILES string of the molecule is CCCCCCn1c2ccc3cc4ccccc4cc3c2c2c3cc4ccccc4cc3ccc21. The average molecular weight is 452 g/mol. The molecule has 0 unspecified atom stereocenters. The molecule has 1 nitrogen and oxygen atoms in total. The van der Waals surface area contributed by atoms with Crippen molar-refractivity contribution in [1.82, 2.24) is 4.57 Å². The first-order chi connectivity index (χ1) is 17.3. The highest BCUT2D eigenvalue weighted by atomic mass is 15.0. The van der Waals surface area contributed by atoms with Crippen molar-refractivity contribution in [2.75, 3.05) is 0 Å². The second-order valence-electron chi connectivity index (χ2n) is 9.97. The van der Waals surface area contributed by atoms with Crippen LogP contribution in [0.1, 0.15) is 32.6 Å². The first-order valence-corrected chi connectivity index (χ1v) is 13.0. The van der Waals surface area contributed by atoms with E-state index in [0.717, 1.165) is 6.54 Å². The molecule has 1 aromatic heterocycles. The zero-order valence-corrected chi connectivity index (χ0v) is 20.2. The Balaban J connectivity index is 1.63. The molecule has 0 saturated carbocycles. The molecule has 7 rings (SSSR count). The molecular weight excluding hydrogens is 422 g/mol. The number of aryl methyl sites for hydroxylation is 1. The summed E-state index contributed by atoms with van der Waals surface area (Å²) in [7, 11) is 0. The molecule has 0 radical (unpaired) electrons. The van der Waals surface area contributed by atoms with Crippen LogP contribution in [0, 0.1) is 0 Å². The van der Waals surface area contributed by atoms with Gasteiger partial charge in [0.25, 0.3) is 0 Å². The lowest BCUT2D eigenvalue weighted by molar-refractivity contribution is 0.602. The minimum atomic E-state index is 1.07. The minimum Gasteiger partial charge on any atom is -0.340 e. The molecule has 7 aromatic rings. The molecule has 0 amide bonds. The van der Waals surface area contributed by atoms with Crippen LogP contribution in [0.4, 0.5) is 0 Å². The largest absolute Gasteiger partial charge is 0.340 e. The zero-order chi connectivity index (χ0) is 23.4. The minimum absolute atomic E-state index is 1.07. The van der Waals surface area contributed by atoms with Crippen LogP contribution in [0.2, 0.25) is 0 Å². The van der Waals surface area contributed by atoms with Crippen molar-refractivity contribution >= 4 is 64.9 Å². The molecule has 1 heteroatoms. The van der Waals surface area contributed by atoms with E-state index in [-0.39, 0.29) is 0 Å². The van der Waals surface area contributed by atoms with Crippen LogP contribution < -0.4 is 0 Å². The van der Waals surface area contributed by atoms with E-state index in [0.29, 0.717) is 0 Å². The summed E-state index contributed by atoms with van der Waals surface area (Å²) in [5.74, 6) is 0. The van der Waals surface area contributed by atoms with Crippen LogP contribution in [0.15, 0.2) is 97.1 Å². The Bertz CT molecular complexity index is 1750. The fourth-order valence-electron chi connectivity index (χ4n) is 6.05. The number of hydrogen-bond donors (Lipinski definition) is 0. The van der Waals surface area contributed by atoms with Gasteiger partial charge in [-0.25, -0.2) is 0 Å². The highest BCUT2D eigenvalue weighted by molar-refractivity contribution is 6.29. The fraction of sp³-hybridized carbons (Fsp3) is 0.176. The molecule has 0 aliphatic rings. The normalized spacial score (nSPS) is 12.1. The van der Waals surface area contributed by atoms with Crippen molar-refractivity contribution in [1.29, 1.82) is 0 Å². The third-order valence-corrected chi connectivity index (χ3v) is 7.80. The number of fused-ring (bicyclic) bond motifs is 9. The fourth-order valence-corrected chi connectivity index (χ4v) is 6.05. The second-order valence-corrected chi connectivity index (χ2v) is 9.97. The van der Waals surface area contributed by atoms with Crippen molar-refractivity contribution in [3.8, 4) is 0 Å². The van der Waals surface area contributed by atoms with Crippen LogP contribution in [-0.4, -0.2) is 4.57 Å². The van der Waals surface area contributed by atoms with Crippen LogP contribution in [-0.2, 0) is 6.54 Å². The summed E-state index contributed by atoms with van der Waals surface area (Å²) < 4.78 is 2.59. The van der Waals surface area contributed by atoms with Crippen molar-refractivity contribution in [3.05, 3.63) is 97.1 Å². The summed E-state index contributed by atoms with van der Waals surface area (Å²) in [5.41, 5.74) is 2.72. The third kappa shape index (κ3) is 3.22. The summed E-state index contributed by atoms with van der Waals surface area (Å²) in [4.78, 5) is 0. The van der Waals surface area contributed by atoms with Crippen LogP contribution in [0.25, 0.3) is 64.9 Å². The van der Waals surface area contributed by atoms with E-state index in [1.807, 2.05) is 0 Å². The van der Waals surface area contributed by atoms with Gasteiger partial charge in [0, 0.05) is 28.4 Å². The lowest BCUT2D eigenvalue weighted by Gasteiger charge is -2.09. The summed E-state index contributed by atoms with van der Waals surface area (Å²) >= 11 is 0. The van der Waals surface area contributed by atoms with Gasteiger partial charge in [-0.3, -0.25) is 0 Å². The van der Waals surface area contributed by atoms with E-state index in [1.54, 1.807) is 0 Å². The molecule has 0 aliphatic heterocycles. The van der Waals surface area contributed by atoms with Gasteiger partial charge in [-0.2, -0.15) is 0 Å². The average Bonchev–Trinajstić information content (AvgIpc) is 3.23. The molecule has 0 spiro atoms. The number of hydrogen-bond acceptors (Lipinski definition) is 0. The first-order valence-electron chi connectivity index (χ1n) is 13.0. The van der Waals surface area contributed by atoms with E-state index < -0.39 is 0 Å². The Morgan fingerprint density at radius 2 is 0.971 bits per heavy atom. The van der Waals surface area contributed by atoms with Crippen molar-refractivity contribution in [2.24, 2.45) is 0 Å². The van der Waals surface area contributed by atoms with Crippen molar-refractivity contribution < 1.29 is 0 Å². The van der Waals surface area contributed by atoms with Gasteiger partial charge in [-0.15, -0.1) is 0 Å². The van der Waals surface area contributed by atoms with Crippen LogP contribution in [0.3, 0.4) is 0 Å². The molecule has 0 aliphatic carbocycles. The quantitative estimate of drug-likeness (QED) is 0.181. The van der Waals surface area contributed by atoms with Gasteiger partial charge in [-0.05, 0) is 85.9 Å². The molecule has 170 valence electrons. The Morgan fingerprint density at radius 3 is 1.46 bits per heavy atom. The van der Waals surface area contributed by atoms with E-state index >= 15 is 0 Å². The van der Waals surface area contributed by atoms with E-state index in [2.05, 4.69) is 109 Å². The lowest BCUT2D eigenvalue weighted by Crippen LogP contribution is -1.97. The number of nitrogens with zero attached hydrogens (tertiary/aromatic N) is 1. The van der Waals surface area contributed by atoms with Gasteiger partial charge >= 0.3 is 0 Å². The molecule has 0 bridgehead atoms. The first kappa shape index (κ1) is 20.5. The van der Waals surface area contributed by atoms with Gasteiger partial charge in [-0.1, -0.05) is 86.8 Å². The smallest absolute Gasteiger partial charge is 0.0498 e. The molecule has 0 atom stereocenters. The van der Waals surface area contributed by atoms with Gasteiger partial charge < -0.3 is 4.57 Å². The maximum atomic E-state index is 2.59. The predicted molar refractivity (Wildman–Crippen MR) is 154 cm³/mol. The number of unbranched alkanes of at least 4 members (excludes halogenated alkanes) is 3. The third-order valence-electron chi connectivity index (χ3n) is 7.80. The highest BCUT2D eigenvalue weighted by Crippen LogP contribution is 2.41. The zero-order valence-electron chi connectivity index (χ0n) is 20.2. The summed E-state index contributed by atoms with van der Waals surface area (Å²) in [6.45, 7) is 3.35. The Hall–Kier alpha value is -3.84. The molecular formula is C34H29N. The van der Waals surface area contributed by atoms with Gasteiger partial charge in [0.2, 0.25) is 0 Å². The Labute approximate surface area is 205 Å². The van der Waals surface area contributed by atoms with Crippen molar-refractivity contribution in [3.63, 3.8) is 0 Å². The Kier molecular flexibility index (Phi) is 4.77. The maximum absolute atomic E-state index is 2.59. The molecule has 0 N–H and O–H groups in total. The van der Waals surface area contributed by atoms with Crippen molar-refractivity contribution in [2.45, 2.75) is 39.2 Å². The number of rotatable bonds is 5. The predicted octanol–water partition coefficient (Wildman–Crippen LogP) is 9.99. The van der Waals surface area contributed by atoms with Crippen LogP contribution in [0.5, 0.6) is 0 Å². The summed E-state index contributed by atoms with van der Waals surface area (Å²) in [5, 5.41) is 13.4. The van der Waals surface area contributed by atoms with E-state index in [9.17, 15) is 0 Å². The number of benzene rings is 6. The molecule has 35 heavy (non-hydrogen) atoms.